The summed E-state index contributed by atoms with van der Waals surface area (Å²) in [6.45, 7) is 3.11. The molecule has 0 radical (unpaired) electrons. The molecule has 0 spiro atoms. The maximum atomic E-state index is 12.4. The summed E-state index contributed by atoms with van der Waals surface area (Å²) in [4.78, 5) is 30.6. The Kier molecular flexibility index (Phi) is 8.86. The van der Waals surface area contributed by atoms with Gasteiger partial charge in [0.2, 0.25) is 0 Å². The van der Waals surface area contributed by atoms with Gasteiger partial charge in [-0.2, -0.15) is 0 Å². The number of allylic oxidation sites excluding steroid dienone is 1. The minimum Gasteiger partial charge on any atom is -0.490 e. The molecule has 8 heteroatoms. The van der Waals surface area contributed by atoms with Crippen molar-refractivity contribution < 1.29 is 14.3 Å². The summed E-state index contributed by atoms with van der Waals surface area (Å²) < 4.78 is 7.71. The van der Waals surface area contributed by atoms with Crippen LogP contribution >= 0.6 is 24.2 Å². The van der Waals surface area contributed by atoms with Gasteiger partial charge in [-0.25, -0.2) is 4.98 Å². The highest BCUT2D eigenvalue weighted by Crippen LogP contribution is 2.31. The Morgan fingerprint density at radius 2 is 2.04 bits per heavy atom. The van der Waals surface area contributed by atoms with Gasteiger partial charge in [-0.3, -0.25) is 14.5 Å². The minimum atomic E-state index is -0.162. The van der Waals surface area contributed by atoms with E-state index in [-0.39, 0.29) is 23.6 Å². The van der Waals surface area contributed by atoms with E-state index in [2.05, 4.69) is 11.9 Å². The first kappa shape index (κ1) is 22.3. The number of hydrogen-bond donors (Lipinski definition) is 0. The standard InChI is InChI=1S/C20H25N3O3S.ClH/c1-2-3-4-5-10-17-19(24)23(20(25)27-17)13-6-7-15-26-16-9-8-12-22-14-11-21-18(16)22;/h8-12,14H,2-7,13,15H2,1H3;1H/b17-10+;. The Balaban J connectivity index is 0.00000280. The van der Waals surface area contributed by atoms with Crippen LogP contribution in [0.3, 0.4) is 0 Å². The van der Waals surface area contributed by atoms with Gasteiger partial charge in [0.15, 0.2) is 11.4 Å². The number of halogens is 1. The van der Waals surface area contributed by atoms with E-state index in [1.54, 1.807) is 6.20 Å². The number of imidazole rings is 1. The second-order valence-corrected chi connectivity index (χ2v) is 7.47. The fraction of sp³-hybridized carbons (Fsp3) is 0.450. The second-order valence-electron chi connectivity index (χ2n) is 6.48. The number of aromatic nitrogens is 2. The summed E-state index contributed by atoms with van der Waals surface area (Å²) in [7, 11) is 0. The van der Waals surface area contributed by atoms with Crippen LogP contribution in [0.5, 0.6) is 5.75 Å². The molecule has 0 unspecified atom stereocenters. The van der Waals surface area contributed by atoms with E-state index in [0.29, 0.717) is 18.1 Å². The molecular formula is C20H26ClN3O3S. The maximum absolute atomic E-state index is 12.4. The molecule has 2 aromatic heterocycles. The van der Waals surface area contributed by atoms with Crippen LogP contribution < -0.4 is 4.74 Å². The molecule has 0 atom stereocenters. The van der Waals surface area contributed by atoms with Crippen LogP contribution in [0.15, 0.2) is 41.7 Å². The highest BCUT2D eigenvalue weighted by molar-refractivity contribution is 8.18. The van der Waals surface area contributed by atoms with Crippen LogP contribution in [0, 0.1) is 0 Å². The van der Waals surface area contributed by atoms with Gasteiger partial charge >= 0.3 is 0 Å². The van der Waals surface area contributed by atoms with Crippen LogP contribution in [0.2, 0.25) is 0 Å². The lowest BCUT2D eigenvalue weighted by Gasteiger charge is -2.12. The van der Waals surface area contributed by atoms with E-state index in [1.807, 2.05) is 35.0 Å². The third-order valence-electron chi connectivity index (χ3n) is 4.43. The quantitative estimate of drug-likeness (QED) is 0.394. The molecule has 0 bridgehead atoms. The van der Waals surface area contributed by atoms with Gasteiger partial charge < -0.3 is 9.14 Å². The number of nitrogens with zero attached hydrogens (tertiary/aromatic N) is 3. The summed E-state index contributed by atoms with van der Waals surface area (Å²) in [5.74, 6) is 0.591. The summed E-state index contributed by atoms with van der Waals surface area (Å²) >= 11 is 1.06. The van der Waals surface area contributed by atoms with Crippen molar-refractivity contribution >= 4 is 41.0 Å². The molecule has 3 heterocycles. The van der Waals surface area contributed by atoms with Crippen LogP contribution in [0.25, 0.3) is 5.65 Å². The van der Waals surface area contributed by atoms with E-state index in [4.69, 9.17) is 4.74 Å². The van der Waals surface area contributed by atoms with Crippen molar-refractivity contribution in [3.05, 3.63) is 41.7 Å². The second kappa shape index (κ2) is 11.1. The van der Waals surface area contributed by atoms with Gasteiger partial charge in [0.1, 0.15) is 0 Å². The van der Waals surface area contributed by atoms with E-state index >= 15 is 0 Å². The van der Waals surface area contributed by atoms with Crippen LogP contribution in [0.4, 0.5) is 4.79 Å². The number of carbonyl (C=O) groups is 2. The zero-order valence-electron chi connectivity index (χ0n) is 16.0. The lowest BCUT2D eigenvalue weighted by Crippen LogP contribution is -2.29. The molecule has 28 heavy (non-hydrogen) atoms. The van der Waals surface area contributed by atoms with Gasteiger partial charge in [0.25, 0.3) is 11.1 Å². The van der Waals surface area contributed by atoms with Crippen LogP contribution in [-0.2, 0) is 4.79 Å². The number of ether oxygens (including phenoxy) is 1. The van der Waals surface area contributed by atoms with Crippen molar-refractivity contribution in [1.29, 1.82) is 0 Å². The number of hydrogen-bond acceptors (Lipinski definition) is 5. The summed E-state index contributed by atoms with van der Waals surface area (Å²) in [6.07, 6.45) is 13.1. The van der Waals surface area contributed by atoms with Crippen molar-refractivity contribution in [2.24, 2.45) is 0 Å². The third kappa shape index (κ3) is 5.52. The van der Waals surface area contributed by atoms with Crippen molar-refractivity contribution in [2.75, 3.05) is 13.2 Å². The lowest BCUT2D eigenvalue weighted by atomic mass is 10.2. The predicted octanol–water partition coefficient (Wildman–Crippen LogP) is 5.07. The number of amides is 2. The SMILES string of the molecule is CCCCC/C=C1/SC(=O)N(CCCCOc2cccn3ccnc23)C1=O.Cl. The Hall–Kier alpha value is -1.99. The Bertz CT molecular complexity index is 837. The number of unbranched alkanes of at least 4 members (excludes halogenated alkanes) is 4. The molecule has 2 amide bonds. The third-order valence-corrected chi connectivity index (χ3v) is 5.38. The topological polar surface area (TPSA) is 63.9 Å². The molecule has 0 saturated carbocycles. The average molecular weight is 424 g/mol. The zero-order chi connectivity index (χ0) is 19.1. The van der Waals surface area contributed by atoms with Gasteiger partial charge in [0, 0.05) is 25.1 Å². The first-order chi connectivity index (χ1) is 13.2. The maximum Gasteiger partial charge on any atom is 0.293 e. The van der Waals surface area contributed by atoms with Gasteiger partial charge in [-0.1, -0.05) is 25.8 Å². The van der Waals surface area contributed by atoms with E-state index in [9.17, 15) is 9.59 Å². The van der Waals surface area contributed by atoms with Crippen molar-refractivity contribution in [2.45, 2.75) is 45.4 Å². The van der Waals surface area contributed by atoms with Gasteiger partial charge in [0.05, 0.1) is 11.5 Å². The molecule has 0 aliphatic carbocycles. The fourth-order valence-electron chi connectivity index (χ4n) is 2.95. The number of imide groups is 1. The summed E-state index contributed by atoms with van der Waals surface area (Å²) in [5.41, 5.74) is 0.789. The van der Waals surface area contributed by atoms with Crippen molar-refractivity contribution in [1.82, 2.24) is 14.3 Å². The summed E-state index contributed by atoms with van der Waals surface area (Å²) in [6, 6.07) is 3.80. The number of carbonyl (C=O) groups excluding carboxylic acids is 2. The van der Waals surface area contributed by atoms with Crippen LogP contribution in [0.1, 0.15) is 45.4 Å². The molecule has 0 N–H and O–H groups in total. The monoisotopic (exact) mass is 423 g/mol. The number of rotatable bonds is 10. The lowest BCUT2D eigenvalue weighted by molar-refractivity contribution is -0.122. The first-order valence-corrected chi connectivity index (χ1v) is 10.3. The Morgan fingerprint density at radius 1 is 1.18 bits per heavy atom. The molecule has 2 aromatic rings. The molecule has 1 fully saturated rings. The number of fused-ring (bicyclic) bond motifs is 1. The molecule has 3 rings (SSSR count). The Labute approximate surface area is 175 Å². The molecule has 152 valence electrons. The smallest absolute Gasteiger partial charge is 0.293 e. The van der Waals surface area contributed by atoms with E-state index in [1.165, 1.54) is 4.90 Å². The van der Waals surface area contributed by atoms with Crippen molar-refractivity contribution in [3.63, 3.8) is 0 Å². The highest BCUT2D eigenvalue weighted by atomic mass is 35.5. The molecule has 0 aromatic carbocycles. The normalized spacial score (nSPS) is 15.5. The van der Waals surface area contributed by atoms with Gasteiger partial charge in [-0.05, 0) is 49.6 Å². The predicted molar refractivity (Wildman–Crippen MR) is 114 cm³/mol. The number of pyridine rings is 1. The van der Waals surface area contributed by atoms with Crippen LogP contribution in [-0.4, -0.2) is 38.6 Å². The van der Waals surface area contributed by atoms with Gasteiger partial charge in [-0.15, -0.1) is 12.4 Å². The molecule has 1 aliphatic heterocycles. The molecule has 6 nitrogen and oxygen atoms in total. The summed E-state index contributed by atoms with van der Waals surface area (Å²) in [5, 5.41) is -0.162. The fourth-order valence-corrected chi connectivity index (χ4v) is 3.82. The molecular weight excluding hydrogens is 398 g/mol. The highest BCUT2D eigenvalue weighted by Gasteiger charge is 2.34. The number of thioether (sulfide) groups is 1. The minimum absolute atomic E-state index is 0. The van der Waals surface area contributed by atoms with E-state index < -0.39 is 0 Å². The first-order valence-electron chi connectivity index (χ1n) is 9.49. The molecule has 1 saturated heterocycles. The zero-order valence-corrected chi connectivity index (χ0v) is 17.6. The van der Waals surface area contributed by atoms with E-state index in [0.717, 1.165) is 61.7 Å². The van der Waals surface area contributed by atoms with Crippen molar-refractivity contribution in [3.8, 4) is 5.75 Å². The Morgan fingerprint density at radius 3 is 2.86 bits per heavy atom. The average Bonchev–Trinajstić information content (AvgIpc) is 3.25. The largest absolute Gasteiger partial charge is 0.490 e. The molecule has 1 aliphatic rings.